The maximum absolute atomic E-state index is 12.8. The van der Waals surface area contributed by atoms with Crippen LogP contribution in [0, 0.1) is 25.7 Å². The Kier molecular flexibility index (Phi) is 9.63. The molecule has 0 amide bonds. The zero-order valence-corrected chi connectivity index (χ0v) is 21.9. The molecule has 33 heavy (non-hydrogen) atoms. The van der Waals surface area contributed by atoms with Crippen molar-refractivity contribution in [1.82, 2.24) is 14.8 Å². The fourth-order valence-electron chi connectivity index (χ4n) is 3.19. The second kappa shape index (κ2) is 11.6. The Bertz CT molecular complexity index is 1010. The minimum absolute atomic E-state index is 0.0412. The average Bonchev–Trinajstić information content (AvgIpc) is 2.72. The van der Waals surface area contributed by atoms with E-state index < -0.39 is 20.0 Å². The molecule has 2 unspecified atom stereocenters. The fourth-order valence-corrected chi connectivity index (χ4v) is 5.96. The number of rotatable bonds is 12. The summed E-state index contributed by atoms with van der Waals surface area (Å²) in [6.45, 7) is 12.4. The van der Waals surface area contributed by atoms with Gasteiger partial charge in [0.15, 0.2) is 0 Å². The zero-order valence-electron chi connectivity index (χ0n) is 20.3. The van der Waals surface area contributed by atoms with Crippen molar-refractivity contribution >= 4 is 20.0 Å². The second-order valence-corrected chi connectivity index (χ2v) is 12.7. The standard InChI is InChI=1S/C24H37N3O4S2/c1-17(2)23(26-32(28,29)21-11-7-19(5)8-12-21)15-25-16-24(18(3)4)27-33(30,31)22-13-9-20(6)10-14-22/h7-14,17-18,23-27H,15-16H2,1-6H3. The predicted octanol–water partition coefficient (Wildman–Crippen LogP) is 3.20. The lowest BCUT2D eigenvalue weighted by Crippen LogP contribution is -2.50. The Labute approximate surface area is 199 Å². The van der Waals surface area contributed by atoms with Crippen LogP contribution >= 0.6 is 0 Å². The monoisotopic (exact) mass is 495 g/mol. The highest BCUT2D eigenvalue weighted by Crippen LogP contribution is 2.14. The summed E-state index contributed by atoms with van der Waals surface area (Å²) >= 11 is 0. The van der Waals surface area contributed by atoms with Gasteiger partial charge in [-0.15, -0.1) is 0 Å². The molecule has 3 N–H and O–H groups in total. The molecule has 0 aliphatic heterocycles. The first-order valence-electron chi connectivity index (χ1n) is 11.2. The van der Waals surface area contributed by atoms with Crippen molar-refractivity contribution in [3.8, 4) is 0 Å². The largest absolute Gasteiger partial charge is 0.314 e. The van der Waals surface area contributed by atoms with E-state index >= 15 is 0 Å². The van der Waals surface area contributed by atoms with Gasteiger partial charge in [-0.1, -0.05) is 63.1 Å². The van der Waals surface area contributed by atoms with Crippen LogP contribution in [0.15, 0.2) is 58.3 Å². The molecule has 0 aromatic heterocycles. The molecule has 0 radical (unpaired) electrons. The number of hydrogen-bond donors (Lipinski definition) is 3. The number of sulfonamides is 2. The van der Waals surface area contributed by atoms with Crippen molar-refractivity contribution in [3.63, 3.8) is 0 Å². The minimum Gasteiger partial charge on any atom is -0.314 e. The van der Waals surface area contributed by atoms with E-state index in [1.54, 1.807) is 48.5 Å². The quantitative estimate of drug-likeness (QED) is 0.419. The summed E-state index contributed by atoms with van der Waals surface area (Å²) in [5.74, 6) is 0.0824. The molecule has 0 aliphatic carbocycles. The Morgan fingerprint density at radius 1 is 0.606 bits per heavy atom. The third-order valence-electron chi connectivity index (χ3n) is 5.61. The van der Waals surface area contributed by atoms with Crippen molar-refractivity contribution in [3.05, 3.63) is 59.7 Å². The summed E-state index contributed by atoms with van der Waals surface area (Å²) in [5.41, 5.74) is 1.98. The summed E-state index contributed by atoms with van der Waals surface area (Å²) in [6, 6.07) is 12.8. The molecule has 0 saturated heterocycles. The van der Waals surface area contributed by atoms with Crippen LogP contribution in [0.1, 0.15) is 38.8 Å². The summed E-state index contributed by atoms with van der Waals surface area (Å²) in [7, 11) is -7.32. The molecule has 2 rings (SSSR count). The molecule has 9 heteroatoms. The SMILES string of the molecule is Cc1ccc(S(=O)(=O)NC(CNCC(NS(=O)(=O)c2ccc(C)cc2)C(C)C)C(C)C)cc1. The zero-order chi connectivity index (χ0) is 24.8. The number of aryl methyl sites for hydroxylation is 2. The highest BCUT2D eigenvalue weighted by atomic mass is 32.2. The maximum atomic E-state index is 12.8. The molecule has 0 fully saturated rings. The first kappa shape index (κ1) is 27.5. The Morgan fingerprint density at radius 3 is 1.18 bits per heavy atom. The van der Waals surface area contributed by atoms with Crippen LogP contribution in [0.5, 0.6) is 0 Å². The van der Waals surface area contributed by atoms with E-state index in [-0.39, 0.29) is 33.7 Å². The van der Waals surface area contributed by atoms with E-state index in [4.69, 9.17) is 0 Å². The lowest BCUT2D eigenvalue weighted by atomic mass is 10.0. The molecule has 184 valence electrons. The van der Waals surface area contributed by atoms with Crippen molar-refractivity contribution in [2.24, 2.45) is 11.8 Å². The van der Waals surface area contributed by atoms with Gasteiger partial charge in [0.1, 0.15) is 0 Å². The minimum atomic E-state index is -3.66. The maximum Gasteiger partial charge on any atom is 0.240 e. The average molecular weight is 496 g/mol. The third kappa shape index (κ3) is 8.19. The van der Waals surface area contributed by atoms with Gasteiger partial charge in [-0.05, 0) is 49.9 Å². The lowest BCUT2D eigenvalue weighted by molar-refractivity contribution is 0.383. The molecule has 2 atom stereocenters. The molecule has 0 heterocycles. The van der Waals surface area contributed by atoms with Crippen LogP contribution < -0.4 is 14.8 Å². The summed E-state index contributed by atoms with van der Waals surface area (Å²) in [5, 5.41) is 3.26. The number of benzene rings is 2. The summed E-state index contributed by atoms with van der Waals surface area (Å²) in [6.07, 6.45) is 0. The highest BCUT2D eigenvalue weighted by Gasteiger charge is 2.25. The molecule has 0 saturated carbocycles. The van der Waals surface area contributed by atoms with Gasteiger partial charge >= 0.3 is 0 Å². The number of hydrogen-bond acceptors (Lipinski definition) is 5. The van der Waals surface area contributed by atoms with Crippen molar-refractivity contribution in [1.29, 1.82) is 0 Å². The van der Waals surface area contributed by atoms with Gasteiger partial charge < -0.3 is 5.32 Å². The Hall–Kier alpha value is -1.78. The van der Waals surface area contributed by atoms with Gasteiger partial charge in [-0.25, -0.2) is 26.3 Å². The van der Waals surface area contributed by atoms with Crippen LogP contribution in [-0.4, -0.2) is 42.0 Å². The summed E-state index contributed by atoms with van der Waals surface area (Å²) < 4.78 is 56.8. The first-order valence-corrected chi connectivity index (χ1v) is 14.2. The van der Waals surface area contributed by atoms with Gasteiger partial charge in [0, 0.05) is 25.2 Å². The van der Waals surface area contributed by atoms with Crippen LogP contribution in [0.2, 0.25) is 0 Å². The van der Waals surface area contributed by atoms with Crippen molar-refractivity contribution in [2.75, 3.05) is 13.1 Å². The Morgan fingerprint density at radius 2 is 0.909 bits per heavy atom. The van der Waals surface area contributed by atoms with E-state index in [0.29, 0.717) is 13.1 Å². The van der Waals surface area contributed by atoms with Crippen LogP contribution in [0.4, 0.5) is 0 Å². The molecule has 0 aliphatic rings. The molecular weight excluding hydrogens is 458 g/mol. The van der Waals surface area contributed by atoms with Gasteiger partial charge in [-0.3, -0.25) is 0 Å². The van der Waals surface area contributed by atoms with Crippen LogP contribution in [0.3, 0.4) is 0 Å². The highest BCUT2D eigenvalue weighted by molar-refractivity contribution is 7.89. The van der Waals surface area contributed by atoms with E-state index in [0.717, 1.165) is 11.1 Å². The van der Waals surface area contributed by atoms with Crippen LogP contribution in [0.25, 0.3) is 0 Å². The third-order valence-corrected chi connectivity index (χ3v) is 8.63. The van der Waals surface area contributed by atoms with E-state index in [1.165, 1.54) is 0 Å². The van der Waals surface area contributed by atoms with Gasteiger partial charge in [-0.2, -0.15) is 0 Å². The molecule has 0 spiro atoms. The van der Waals surface area contributed by atoms with E-state index in [2.05, 4.69) is 14.8 Å². The summed E-state index contributed by atoms with van der Waals surface area (Å²) in [4.78, 5) is 0.453. The molecule has 2 aromatic carbocycles. The van der Waals surface area contributed by atoms with Gasteiger partial charge in [0.05, 0.1) is 9.79 Å². The molecule has 7 nitrogen and oxygen atoms in total. The lowest BCUT2D eigenvalue weighted by Gasteiger charge is -2.26. The fraction of sp³-hybridized carbons (Fsp3) is 0.500. The topological polar surface area (TPSA) is 104 Å². The Balaban J connectivity index is 2.03. The second-order valence-electron chi connectivity index (χ2n) is 9.23. The smallest absolute Gasteiger partial charge is 0.240 e. The molecular formula is C24H37N3O4S2. The normalized spacial score (nSPS) is 14.5. The van der Waals surface area contributed by atoms with Gasteiger partial charge in [0.2, 0.25) is 20.0 Å². The van der Waals surface area contributed by atoms with Crippen molar-refractivity contribution in [2.45, 2.75) is 63.4 Å². The molecule has 2 aromatic rings. The predicted molar refractivity (Wildman–Crippen MR) is 133 cm³/mol. The van der Waals surface area contributed by atoms with E-state index in [1.807, 2.05) is 41.5 Å². The van der Waals surface area contributed by atoms with E-state index in [9.17, 15) is 16.8 Å². The van der Waals surface area contributed by atoms with Gasteiger partial charge in [0.25, 0.3) is 0 Å². The molecule has 0 bridgehead atoms. The van der Waals surface area contributed by atoms with Crippen molar-refractivity contribution < 1.29 is 16.8 Å². The number of nitrogens with one attached hydrogen (secondary N) is 3. The van der Waals surface area contributed by atoms with Crippen LogP contribution in [-0.2, 0) is 20.0 Å². The first-order chi connectivity index (χ1) is 15.3.